The second-order valence-corrected chi connectivity index (χ2v) is 6.65. The molecule has 4 aromatic rings. The summed E-state index contributed by atoms with van der Waals surface area (Å²) >= 11 is 0. The van der Waals surface area contributed by atoms with E-state index in [0.717, 1.165) is 34.2 Å². The Morgan fingerprint density at radius 1 is 0.432 bits per heavy atom. The van der Waals surface area contributed by atoms with Gasteiger partial charge in [0, 0.05) is 23.8 Å². The van der Waals surface area contributed by atoms with Gasteiger partial charge in [-0.1, -0.05) is 24.3 Å². The molecule has 4 heterocycles. The van der Waals surface area contributed by atoms with Crippen LogP contribution in [0.2, 0.25) is 0 Å². The summed E-state index contributed by atoms with van der Waals surface area (Å²) in [6.45, 7) is 3.96. The van der Waals surface area contributed by atoms with Crippen molar-refractivity contribution in [2.75, 3.05) is 0 Å². The van der Waals surface area contributed by atoms with E-state index >= 15 is 0 Å². The fraction of sp³-hybridized carbons (Fsp3) is 0.0909. The van der Waals surface area contributed by atoms with Crippen LogP contribution < -0.4 is 0 Å². The smallest absolute Gasteiger partial charge is 0.356 e. The second kappa shape index (κ2) is 28.4. The van der Waals surface area contributed by atoms with Gasteiger partial charge in [0.15, 0.2) is 0 Å². The Morgan fingerprint density at radius 3 is 0.886 bits per heavy atom. The van der Waals surface area contributed by atoms with Crippen molar-refractivity contribution in [3.8, 4) is 22.8 Å². The Kier molecular flexibility index (Phi) is 29.8. The van der Waals surface area contributed by atoms with E-state index in [1.807, 2.05) is 86.6 Å². The van der Waals surface area contributed by atoms with Gasteiger partial charge in [0.2, 0.25) is 0 Å². The van der Waals surface area contributed by atoms with Crippen LogP contribution in [0.1, 0.15) is 11.4 Å². The quantitative estimate of drug-likeness (QED) is 0.158. The average molecular weight is 1000 g/mol. The molecule has 44 heavy (non-hydrogen) atoms. The molecule has 228 valence electrons. The van der Waals surface area contributed by atoms with Gasteiger partial charge in [0.25, 0.3) is 0 Å². The monoisotopic (exact) mass is 1000 g/mol. The van der Waals surface area contributed by atoms with Crippen molar-refractivity contribution in [3.63, 3.8) is 0 Å². The van der Waals surface area contributed by atoms with E-state index in [4.69, 9.17) is 61.3 Å². The maximum Gasteiger partial charge on any atom is 2.00 e. The van der Waals surface area contributed by atoms with E-state index < -0.39 is 20.3 Å². The molecular formula is C22H20N8O12Pb2. The summed E-state index contributed by atoms with van der Waals surface area (Å²) in [7, 11) is 0. The Bertz CT molecular complexity index is 1230. The van der Waals surface area contributed by atoms with Gasteiger partial charge in [-0.15, -0.1) is 0 Å². The molecular weight excluding hydrogens is 983 g/mol. The van der Waals surface area contributed by atoms with Crippen molar-refractivity contribution in [2.45, 2.75) is 13.8 Å². The van der Waals surface area contributed by atoms with Gasteiger partial charge in [0.05, 0.1) is 43.1 Å². The van der Waals surface area contributed by atoms with Crippen molar-refractivity contribution < 1.29 is 20.3 Å². The zero-order valence-electron chi connectivity index (χ0n) is 22.6. The molecule has 4 rings (SSSR count). The van der Waals surface area contributed by atoms with Crippen LogP contribution in [0.3, 0.4) is 0 Å². The standard InChI is InChI=1S/2C11H10N2.4NO3.2Pb/c2*1-9-5-4-7-11(13-9)10-6-2-3-8-12-10;4*2-1(3)4;;/h2*2-8H,1H3;;;;;;/q;;4*-1;2*+2. The van der Waals surface area contributed by atoms with Crippen LogP contribution in [0.5, 0.6) is 0 Å². The van der Waals surface area contributed by atoms with Crippen molar-refractivity contribution in [3.05, 3.63) is 158 Å². The van der Waals surface area contributed by atoms with Crippen LogP contribution in [-0.4, -0.2) is 94.9 Å². The molecule has 0 aliphatic rings. The summed E-state index contributed by atoms with van der Waals surface area (Å²) in [5.74, 6) is 0. The molecule has 0 bridgehead atoms. The second-order valence-electron chi connectivity index (χ2n) is 6.65. The van der Waals surface area contributed by atoms with E-state index in [0.29, 0.717) is 0 Å². The molecule has 22 heteroatoms. The van der Waals surface area contributed by atoms with Crippen LogP contribution >= 0.6 is 0 Å². The maximum absolute atomic E-state index is 8.25. The molecule has 20 nitrogen and oxygen atoms in total. The largest absolute Gasteiger partial charge is 2.00 e. The Labute approximate surface area is 287 Å². The van der Waals surface area contributed by atoms with Gasteiger partial charge in [-0.05, 0) is 62.4 Å². The molecule has 0 saturated carbocycles. The van der Waals surface area contributed by atoms with Crippen LogP contribution in [-0.2, 0) is 0 Å². The van der Waals surface area contributed by atoms with Crippen molar-refractivity contribution in [2.24, 2.45) is 0 Å². The van der Waals surface area contributed by atoms with Gasteiger partial charge in [0.1, 0.15) is 0 Å². The van der Waals surface area contributed by atoms with Crippen LogP contribution in [0.4, 0.5) is 0 Å². The molecule has 0 aliphatic heterocycles. The molecule has 0 atom stereocenters. The number of aromatic nitrogens is 4. The number of aryl methyl sites for hydroxylation is 2. The Hall–Kier alpha value is -4.76. The summed E-state index contributed by atoms with van der Waals surface area (Å²) < 4.78 is 0. The van der Waals surface area contributed by atoms with E-state index in [1.165, 1.54) is 0 Å². The Balaban J connectivity index is -0.000000241. The van der Waals surface area contributed by atoms with Gasteiger partial charge in [-0.3, -0.25) is 19.9 Å². The maximum atomic E-state index is 8.25. The third-order valence-electron chi connectivity index (χ3n) is 3.63. The normalized spacial score (nSPS) is 8.05. The third kappa shape index (κ3) is 31.8. The molecule has 0 unspecified atom stereocenters. The van der Waals surface area contributed by atoms with E-state index in [9.17, 15) is 0 Å². The van der Waals surface area contributed by atoms with Gasteiger partial charge < -0.3 is 61.3 Å². The molecule has 0 amide bonds. The minimum absolute atomic E-state index is 0. The number of nitrogens with zero attached hydrogens (tertiary/aromatic N) is 8. The fourth-order valence-corrected chi connectivity index (χ4v) is 2.40. The van der Waals surface area contributed by atoms with Gasteiger partial charge >= 0.3 is 54.6 Å². The molecule has 0 N–H and O–H groups in total. The first-order chi connectivity index (χ1) is 19.6. The molecule has 4 radical (unpaired) electrons. The van der Waals surface area contributed by atoms with Gasteiger partial charge in [-0.25, -0.2) is 0 Å². The first-order valence-corrected chi connectivity index (χ1v) is 10.6. The molecule has 0 aliphatic carbocycles. The number of rotatable bonds is 2. The summed E-state index contributed by atoms with van der Waals surface area (Å²) in [6, 6.07) is 23.5. The molecule has 0 spiro atoms. The summed E-state index contributed by atoms with van der Waals surface area (Å²) in [5, 5.41) is 59.0. The minimum atomic E-state index is -1.75. The number of hydrogen-bond acceptors (Lipinski definition) is 16. The number of hydrogen-bond donors (Lipinski definition) is 0. The van der Waals surface area contributed by atoms with E-state index in [1.54, 1.807) is 12.4 Å². The van der Waals surface area contributed by atoms with E-state index in [-0.39, 0.29) is 54.6 Å². The predicted octanol–water partition coefficient (Wildman–Crippen LogP) is 3.19. The zero-order chi connectivity index (χ0) is 32.5. The average Bonchev–Trinajstić information content (AvgIpc) is 2.89. The van der Waals surface area contributed by atoms with Crippen molar-refractivity contribution in [1.29, 1.82) is 0 Å². The topological polar surface area (TPSA) is 316 Å². The summed E-state index contributed by atoms with van der Waals surface area (Å²) in [4.78, 5) is 50.2. The van der Waals surface area contributed by atoms with Gasteiger partial charge in [-0.2, -0.15) is 0 Å². The molecule has 0 aromatic carbocycles. The van der Waals surface area contributed by atoms with E-state index in [2.05, 4.69) is 19.9 Å². The van der Waals surface area contributed by atoms with Crippen LogP contribution in [0.15, 0.2) is 85.2 Å². The summed E-state index contributed by atoms with van der Waals surface area (Å²) in [6.07, 6.45) is 3.55. The SMILES string of the molecule is Cc1cccc(-c2ccccn2)n1.Cc1cccc(-c2ccccn2)n1.O=[N+]([O-])[O-].O=[N+]([O-])[O-].O=[N+]([O-])[O-].O=[N+]([O-])[O-].[Pb+2].[Pb+2]. The molecule has 0 saturated heterocycles. The molecule has 0 fully saturated rings. The molecule has 4 aromatic heterocycles. The fourth-order valence-electron chi connectivity index (χ4n) is 2.40. The predicted molar refractivity (Wildman–Crippen MR) is 157 cm³/mol. The van der Waals surface area contributed by atoms with Crippen LogP contribution in [0, 0.1) is 75.1 Å². The Morgan fingerprint density at radius 2 is 0.682 bits per heavy atom. The first-order valence-electron chi connectivity index (χ1n) is 10.6. The van der Waals surface area contributed by atoms with Crippen molar-refractivity contribution >= 4 is 54.6 Å². The number of pyridine rings is 4. The third-order valence-corrected chi connectivity index (χ3v) is 3.63. The summed E-state index contributed by atoms with van der Waals surface area (Å²) in [5.41, 5.74) is 5.74. The zero-order valence-corrected chi connectivity index (χ0v) is 30.3. The first kappa shape index (κ1) is 46.2. The van der Waals surface area contributed by atoms with Crippen LogP contribution in [0.25, 0.3) is 22.8 Å². The van der Waals surface area contributed by atoms with Crippen molar-refractivity contribution in [1.82, 2.24) is 19.9 Å². The minimum Gasteiger partial charge on any atom is -0.356 e.